The Morgan fingerprint density at radius 1 is 1.10 bits per heavy atom. The molecule has 7 heteroatoms. The molecule has 0 unspecified atom stereocenters. The number of nitrogens with one attached hydrogen (secondary N) is 1. The number of rotatable bonds is 5. The highest BCUT2D eigenvalue weighted by molar-refractivity contribution is 6.12. The van der Waals surface area contributed by atoms with Gasteiger partial charge in [0.2, 0.25) is 0 Å². The third-order valence-electron chi connectivity index (χ3n) is 6.06. The van der Waals surface area contributed by atoms with Crippen LogP contribution < -0.4 is 5.32 Å². The molecular weight excluding hydrogens is 388 g/mol. The molecule has 2 aliphatic rings. The van der Waals surface area contributed by atoms with Crippen LogP contribution in [0.15, 0.2) is 46.2 Å². The fourth-order valence-electron chi connectivity index (χ4n) is 4.16. The first-order valence-corrected chi connectivity index (χ1v) is 11.3. The molecule has 0 radical (unpaired) electrons. The van der Waals surface area contributed by atoms with Gasteiger partial charge >= 0.3 is 0 Å². The van der Waals surface area contributed by atoms with Gasteiger partial charge in [-0.2, -0.15) is 5.10 Å². The van der Waals surface area contributed by atoms with E-state index < -0.39 is 0 Å². The number of hydrogen-bond acceptors (Lipinski definition) is 6. The molecule has 1 fully saturated rings. The standard InChI is InChI=1S/C24H32N6O/c1-4-10-30-17(3)21(16-26-30)19-6-7-20(23(31)15-19)22-13-18(5-2)14-24(28-27-22)29-11-8-25-9-12-29/h6-7,13,15-16,25,31H,4-5,8-12,14H2,1-3H3. The minimum Gasteiger partial charge on any atom is -0.507 e. The molecule has 0 saturated carbocycles. The fourth-order valence-corrected chi connectivity index (χ4v) is 4.16. The van der Waals surface area contributed by atoms with Crippen molar-refractivity contribution in [1.29, 1.82) is 0 Å². The van der Waals surface area contributed by atoms with Gasteiger partial charge in [-0.1, -0.05) is 25.5 Å². The fraction of sp³-hybridized carbons (Fsp3) is 0.458. The molecule has 2 aliphatic heterocycles. The highest BCUT2D eigenvalue weighted by Crippen LogP contribution is 2.30. The van der Waals surface area contributed by atoms with Gasteiger partial charge in [0.25, 0.3) is 0 Å². The van der Waals surface area contributed by atoms with Crippen LogP contribution in [0.1, 0.15) is 44.4 Å². The van der Waals surface area contributed by atoms with E-state index in [9.17, 15) is 5.11 Å². The van der Waals surface area contributed by atoms with Gasteiger partial charge < -0.3 is 15.3 Å². The average Bonchev–Trinajstić information content (AvgIpc) is 3.02. The SMILES string of the molecule is CCCn1ncc(-c2ccc(C3=NN=C(N4CCNCC4)CC(CC)=C3)c(O)c2)c1C. The van der Waals surface area contributed by atoms with Gasteiger partial charge in [-0.15, -0.1) is 10.2 Å². The molecular formula is C24H32N6O. The number of piperazine rings is 1. The third kappa shape index (κ3) is 4.56. The summed E-state index contributed by atoms with van der Waals surface area (Å²) in [5.74, 6) is 1.23. The summed E-state index contributed by atoms with van der Waals surface area (Å²) in [6.07, 6.45) is 6.73. The van der Waals surface area contributed by atoms with Crippen molar-refractivity contribution in [2.75, 3.05) is 26.2 Å². The van der Waals surface area contributed by atoms with E-state index in [2.05, 4.69) is 52.4 Å². The van der Waals surface area contributed by atoms with Gasteiger partial charge in [0.05, 0.1) is 11.9 Å². The number of phenolic OH excluding ortho intramolecular Hbond substituents is 1. The minimum atomic E-state index is 0.214. The lowest BCUT2D eigenvalue weighted by molar-refractivity contribution is 0.352. The van der Waals surface area contributed by atoms with E-state index in [1.165, 1.54) is 5.57 Å². The lowest BCUT2D eigenvalue weighted by Crippen LogP contribution is -2.46. The maximum absolute atomic E-state index is 10.9. The van der Waals surface area contributed by atoms with E-state index >= 15 is 0 Å². The quantitative estimate of drug-likeness (QED) is 0.773. The van der Waals surface area contributed by atoms with Crippen LogP contribution in [0.2, 0.25) is 0 Å². The second kappa shape index (κ2) is 9.47. The highest BCUT2D eigenvalue weighted by atomic mass is 16.3. The van der Waals surface area contributed by atoms with Crippen LogP contribution in [0.3, 0.4) is 0 Å². The van der Waals surface area contributed by atoms with Gasteiger partial charge in [0.1, 0.15) is 11.6 Å². The summed E-state index contributed by atoms with van der Waals surface area (Å²) in [5.41, 5.74) is 5.80. The van der Waals surface area contributed by atoms with E-state index in [0.717, 1.165) is 74.6 Å². The predicted octanol–water partition coefficient (Wildman–Crippen LogP) is 3.72. The molecule has 1 saturated heterocycles. The maximum Gasteiger partial charge on any atom is 0.131 e. The molecule has 3 heterocycles. The molecule has 0 bridgehead atoms. The zero-order valence-electron chi connectivity index (χ0n) is 18.7. The third-order valence-corrected chi connectivity index (χ3v) is 6.06. The molecule has 7 nitrogen and oxygen atoms in total. The van der Waals surface area contributed by atoms with Crippen molar-refractivity contribution in [2.45, 2.75) is 46.6 Å². The molecule has 2 aromatic rings. The molecule has 0 spiro atoms. The largest absolute Gasteiger partial charge is 0.507 e. The molecule has 4 rings (SSSR count). The van der Waals surface area contributed by atoms with Crippen LogP contribution in [-0.4, -0.2) is 57.5 Å². The summed E-state index contributed by atoms with van der Waals surface area (Å²) < 4.78 is 2.01. The van der Waals surface area contributed by atoms with Crippen LogP contribution in [0, 0.1) is 6.92 Å². The minimum absolute atomic E-state index is 0.214. The van der Waals surface area contributed by atoms with Crippen molar-refractivity contribution >= 4 is 11.5 Å². The zero-order chi connectivity index (χ0) is 21.8. The number of hydrogen-bond donors (Lipinski definition) is 2. The molecule has 0 amide bonds. The van der Waals surface area contributed by atoms with E-state index in [1.54, 1.807) is 0 Å². The predicted molar refractivity (Wildman–Crippen MR) is 126 cm³/mol. The molecule has 1 aromatic heterocycles. The average molecular weight is 421 g/mol. The second-order valence-electron chi connectivity index (χ2n) is 8.17. The van der Waals surface area contributed by atoms with Gasteiger partial charge in [-0.25, -0.2) is 0 Å². The summed E-state index contributed by atoms with van der Waals surface area (Å²) in [5, 5.41) is 27.9. The summed E-state index contributed by atoms with van der Waals surface area (Å²) in [6, 6.07) is 5.78. The van der Waals surface area contributed by atoms with Gasteiger partial charge in [-0.3, -0.25) is 4.68 Å². The number of aryl methyl sites for hydroxylation is 1. The Kier molecular flexibility index (Phi) is 6.51. The molecule has 1 aromatic carbocycles. The van der Waals surface area contributed by atoms with E-state index in [0.29, 0.717) is 11.3 Å². The molecule has 31 heavy (non-hydrogen) atoms. The van der Waals surface area contributed by atoms with Gasteiger partial charge in [0.15, 0.2) is 0 Å². The first-order valence-electron chi connectivity index (χ1n) is 11.3. The van der Waals surface area contributed by atoms with Crippen LogP contribution in [0.5, 0.6) is 5.75 Å². The number of aromatic nitrogens is 2. The number of aromatic hydroxyl groups is 1. The first-order chi connectivity index (χ1) is 15.1. The molecule has 2 N–H and O–H groups in total. The second-order valence-corrected chi connectivity index (χ2v) is 8.17. The normalized spacial score (nSPS) is 17.1. The number of nitrogens with zero attached hydrogens (tertiary/aromatic N) is 5. The number of phenols is 1. The monoisotopic (exact) mass is 420 g/mol. The maximum atomic E-state index is 10.9. The summed E-state index contributed by atoms with van der Waals surface area (Å²) in [6.45, 7) is 11.1. The Morgan fingerprint density at radius 3 is 2.61 bits per heavy atom. The number of amidine groups is 1. The van der Waals surface area contributed by atoms with Crippen molar-refractivity contribution < 1.29 is 5.11 Å². The van der Waals surface area contributed by atoms with E-state index in [4.69, 9.17) is 0 Å². The smallest absolute Gasteiger partial charge is 0.131 e. The van der Waals surface area contributed by atoms with Crippen LogP contribution >= 0.6 is 0 Å². The number of benzene rings is 1. The summed E-state index contributed by atoms with van der Waals surface area (Å²) in [4.78, 5) is 2.31. The van der Waals surface area contributed by atoms with Crippen molar-refractivity contribution in [3.8, 4) is 16.9 Å². The Morgan fingerprint density at radius 2 is 1.90 bits per heavy atom. The Bertz CT molecular complexity index is 1030. The van der Waals surface area contributed by atoms with Gasteiger partial charge in [0, 0.05) is 56.0 Å². The lowest BCUT2D eigenvalue weighted by Gasteiger charge is -2.29. The van der Waals surface area contributed by atoms with Crippen LogP contribution in [0.4, 0.5) is 0 Å². The Balaban J connectivity index is 1.65. The molecule has 0 atom stereocenters. The Hall–Kier alpha value is -2.93. The summed E-state index contributed by atoms with van der Waals surface area (Å²) >= 11 is 0. The zero-order valence-corrected chi connectivity index (χ0v) is 18.7. The first kappa shape index (κ1) is 21.3. The van der Waals surface area contributed by atoms with Crippen molar-refractivity contribution in [2.24, 2.45) is 10.2 Å². The molecule has 0 aliphatic carbocycles. The highest BCUT2D eigenvalue weighted by Gasteiger charge is 2.19. The van der Waals surface area contributed by atoms with Crippen LogP contribution in [0.25, 0.3) is 11.1 Å². The molecule has 164 valence electrons. The van der Waals surface area contributed by atoms with E-state index in [1.807, 2.05) is 29.1 Å². The van der Waals surface area contributed by atoms with Crippen molar-refractivity contribution in [1.82, 2.24) is 20.0 Å². The lowest BCUT2D eigenvalue weighted by atomic mass is 9.99. The van der Waals surface area contributed by atoms with Crippen molar-refractivity contribution in [3.05, 3.63) is 47.3 Å². The topological polar surface area (TPSA) is 78.0 Å². The summed E-state index contributed by atoms with van der Waals surface area (Å²) in [7, 11) is 0. The van der Waals surface area contributed by atoms with E-state index in [-0.39, 0.29) is 5.75 Å². The number of allylic oxidation sites excluding steroid dienone is 1. The van der Waals surface area contributed by atoms with Gasteiger partial charge in [-0.05, 0) is 43.5 Å². The van der Waals surface area contributed by atoms with Crippen molar-refractivity contribution in [3.63, 3.8) is 0 Å². The Labute approximate surface area is 184 Å². The van der Waals surface area contributed by atoms with Crippen LogP contribution in [-0.2, 0) is 6.54 Å².